The van der Waals surface area contributed by atoms with Crippen LogP contribution in [-0.2, 0) is 27.2 Å². The van der Waals surface area contributed by atoms with Crippen LogP contribution < -0.4 is 5.32 Å². The van der Waals surface area contributed by atoms with Gasteiger partial charge in [0.1, 0.15) is 6.54 Å². The Balaban J connectivity index is 1.54. The van der Waals surface area contributed by atoms with E-state index in [0.717, 1.165) is 19.3 Å². The smallest absolute Gasteiger partial charge is 0.325 e. The van der Waals surface area contributed by atoms with Crippen molar-refractivity contribution in [3.05, 3.63) is 35.4 Å². The molecule has 0 spiro atoms. The number of methoxy groups -OCH3 is 1. The van der Waals surface area contributed by atoms with Crippen LogP contribution in [0.5, 0.6) is 0 Å². The highest BCUT2D eigenvalue weighted by Gasteiger charge is 2.31. The molecule has 0 saturated carbocycles. The number of carbonyl (C=O) groups excluding carboxylic acids is 2. The zero-order chi connectivity index (χ0) is 17.8. The van der Waals surface area contributed by atoms with E-state index >= 15 is 0 Å². The first-order chi connectivity index (χ1) is 12.1. The van der Waals surface area contributed by atoms with E-state index in [4.69, 9.17) is 12.2 Å². The summed E-state index contributed by atoms with van der Waals surface area (Å²) >= 11 is 5.33. The Morgan fingerprint density at radius 2 is 1.84 bits per heavy atom. The fourth-order valence-corrected chi connectivity index (χ4v) is 3.80. The van der Waals surface area contributed by atoms with Crippen molar-refractivity contribution in [2.45, 2.75) is 25.7 Å². The third-order valence-corrected chi connectivity index (χ3v) is 5.12. The Kier molecular flexibility index (Phi) is 5.53. The highest BCUT2D eigenvalue weighted by molar-refractivity contribution is 7.80. The van der Waals surface area contributed by atoms with E-state index in [9.17, 15) is 9.59 Å². The van der Waals surface area contributed by atoms with E-state index < -0.39 is 0 Å². The summed E-state index contributed by atoms with van der Waals surface area (Å²) in [5.41, 5.74) is 2.71. The molecule has 1 fully saturated rings. The maximum atomic E-state index is 12.8. The van der Waals surface area contributed by atoms with Crippen LogP contribution in [0.1, 0.15) is 24.0 Å². The molecule has 1 aliphatic heterocycles. The fourth-order valence-electron chi connectivity index (χ4n) is 3.54. The monoisotopic (exact) mass is 361 g/mol. The number of fused-ring (bicyclic) bond motifs is 1. The van der Waals surface area contributed by atoms with E-state index in [2.05, 4.69) is 34.3 Å². The minimum Gasteiger partial charge on any atom is -0.468 e. The van der Waals surface area contributed by atoms with Crippen molar-refractivity contribution in [1.29, 1.82) is 0 Å². The quantitative estimate of drug-likeness (QED) is 0.644. The Bertz CT molecular complexity index is 654. The third-order valence-electron chi connectivity index (χ3n) is 4.76. The van der Waals surface area contributed by atoms with Crippen molar-refractivity contribution in [3.63, 3.8) is 0 Å². The first kappa shape index (κ1) is 17.7. The number of carbonyl (C=O) groups is 2. The van der Waals surface area contributed by atoms with Crippen LogP contribution in [0.15, 0.2) is 24.3 Å². The molecule has 134 valence electrons. The zero-order valence-electron chi connectivity index (χ0n) is 14.4. The number of rotatable bonds is 4. The summed E-state index contributed by atoms with van der Waals surface area (Å²) in [4.78, 5) is 24.0. The molecule has 1 aliphatic carbocycles. The molecular weight excluding hydrogens is 338 g/mol. The van der Waals surface area contributed by atoms with Crippen molar-refractivity contribution >= 4 is 29.2 Å². The molecule has 1 N–H and O–H groups in total. The van der Waals surface area contributed by atoms with Gasteiger partial charge >= 0.3 is 5.97 Å². The molecule has 25 heavy (non-hydrogen) atoms. The molecule has 0 radical (unpaired) electrons. The number of hydrogen-bond acceptors (Lipinski definition) is 4. The van der Waals surface area contributed by atoms with Crippen LogP contribution in [0, 0.1) is 5.92 Å². The standard InChI is InChI=1S/C18H23N3O3S/c1-24-17(23)12-19-18(25)21-8-4-7-20(21)16(22)11-13-9-14-5-2-3-6-15(14)10-13/h2-3,5-6,13H,4,7-12H2,1H3,(H,19,25). The summed E-state index contributed by atoms with van der Waals surface area (Å²) in [5.74, 6) is 0.0598. The lowest BCUT2D eigenvalue weighted by Crippen LogP contribution is -2.50. The van der Waals surface area contributed by atoms with Crippen molar-refractivity contribution in [2.75, 3.05) is 26.7 Å². The molecular formula is C18H23N3O3S. The van der Waals surface area contributed by atoms with E-state index in [1.54, 1.807) is 10.0 Å². The van der Waals surface area contributed by atoms with Gasteiger partial charge in [-0.3, -0.25) is 19.6 Å². The largest absolute Gasteiger partial charge is 0.468 e. The number of nitrogens with zero attached hydrogens (tertiary/aromatic N) is 2. The summed E-state index contributed by atoms with van der Waals surface area (Å²) in [6.45, 7) is 1.36. The SMILES string of the molecule is COC(=O)CNC(=S)N1CCCN1C(=O)CC1Cc2ccccc2C1. The van der Waals surface area contributed by atoms with Gasteiger partial charge in [-0.2, -0.15) is 0 Å². The minimum absolute atomic E-state index is 0.00575. The maximum absolute atomic E-state index is 12.8. The average Bonchev–Trinajstić information content (AvgIpc) is 3.25. The highest BCUT2D eigenvalue weighted by atomic mass is 32.1. The molecule has 1 aromatic carbocycles. The summed E-state index contributed by atoms with van der Waals surface area (Å²) in [6.07, 6.45) is 3.31. The molecule has 0 atom stereocenters. The Hall–Kier alpha value is -2.15. The van der Waals surface area contributed by atoms with Gasteiger partial charge in [0.25, 0.3) is 0 Å². The van der Waals surface area contributed by atoms with Gasteiger partial charge in [0.15, 0.2) is 5.11 Å². The number of nitrogens with one attached hydrogen (secondary N) is 1. The summed E-state index contributed by atoms with van der Waals surface area (Å²) in [5, 5.41) is 6.74. The number of thiocarbonyl (C=S) groups is 1. The van der Waals surface area contributed by atoms with Crippen LogP contribution in [-0.4, -0.2) is 53.8 Å². The molecule has 1 saturated heterocycles. The molecule has 1 amide bonds. The molecule has 2 aliphatic rings. The van der Waals surface area contributed by atoms with E-state index in [1.807, 2.05) is 0 Å². The molecule has 6 nitrogen and oxygen atoms in total. The van der Waals surface area contributed by atoms with E-state index in [-0.39, 0.29) is 18.4 Å². The number of benzene rings is 1. The summed E-state index contributed by atoms with van der Waals surface area (Å²) in [7, 11) is 1.33. The molecule has 1 aromatic rings. The van der Waals surface area contributed by atoms with Gasteiger partial charge in [-0.05, 0) is 48.5 Å². The van der Waals surface area contributed by atoms with Gasteiger partial charge in [0, 0.05) is 19.5 Å². The Morgan fingerprint density at radius 3 is 2.48 bits per heavy atom. The number of amides is 1. The van der Waals surface area contributed by atoms with Crippen LogP contribution in [0.3, 0.4) is 0 Å². The Morgan fingerprint density at radius 1 is 1.20 bits per heavy atom. The molecule has 0 bridgehead atoms. The van der Waals surface area contributed by atoms with Crippen LogP contribution in [0.4, 0.5) is 0 Å². The molecule has 1 heterocycles. The minimum atomic E-state index is -0.386. The van der Waals surface area contributed by atoms with Crippen molar-refractivity contribution in [3.8, 4) is 0 Å². The predicted octanol–water partition coefficient (Wildman–Crippen LogP) is 1.29. The number of hydrazine groups is 1. The van der Waals surface area contributed by atoms with Crippen molar-refractivity contribution < 1.29 is 14.3 Å². The lowest BCUT2D eigenvalue weighted by atomic mass is 10.0. The first-order valence-corrected chi connectivity index (χ1v) is 8.98. The predicted molar refractivity (Wildman–Crippen MR) is 97.6 cm³/mol. The van der Waals surface area contributed by atoms with Gasteiger partial charge in [0.2, 0.25) is 5.91 Å². The van der Waals surface area contributed by atoms with Crippen LogP contribution >= 0.6 is 12.2 Å². The number of hydrogen-bond donors (Lipinski definition) is 1. The second-order valence-corrected chi connectivity index (χ2v) is 6.86. The van der Waals surface area contributed by atoms with Gasteiger partial charge < -0.3 is 10.1 Å². The lowest BCUT2D eigenvalue weighted by Gasteiger charge is -2.30. The second kappa shape index (κ2) is 7.82. The maximum Gasteiger partial charge on any atom is 0.325 e. The van der Waals surface area contributed by atoms with Crippen LogP contribution in [0.2, 0.25) is 0 Å². The molecule has 3 rings (SSSR count). The number of esters is 1. The summed E-state index contributed by atoms with van der Waals surface area (Å²) < 4.78 is 4.60. The topological polar surface area (TPSA) is 61.9 Å². The van der Waals surface area contributed by atoms with E-state index in [1.165, 1.54) is 18.2 Å². The normalized spacial score (nSPS) is 16.7. The third kappa shape index (κ3) is 4.10. The van der Waals surface area contributed by atoms with Crippen molar-refractivity contribution in [2.24, 2.45) is 5.92 Å². The second-order valence-electron chi connectivity index (χ2n) is 6.48. The molecule has 0 aromatic heterocycles. The van der Waals surface area contributed by atoms with Gasteiger partial charge in [0.05, 0.1) is 7.11 Å². The van der Waals surface area contributed by atoms with Gasteiger partial charge in [-0.1, -0.05) is 24.3 Å². The fraction of sp³-hybridized carbons (Fsp3) is 0.500. The number of ether oxygens (including phenoxy) is 1. The van der Waals surface area contributed by atoms with Crippen LogP contribution in [0.25, 0.3) is 0 Å². The van der Waals surface area contributed by atoms with Gasteiger partial charge in [-0.15, -0.1) is 0 Å². The highest BCUT2D eigenvalue weighted by Crippen LogP contribution is 2.29. The van der Waals surface area contributed by atoms with Crippen molar-refractivity contribution in [1.82, 2.24) is 15.3 Å². The molecule has 7 heteroatoms. The zero-order valence-corrected chi connectivity index (χ0v) is 15.2. The summed E-state index contributed by atoms with van der Waals surface area (Å²) in [6, 6.07) is 8.40. The van der Waals surface area contributed by atoms with E-state index in [0.29, 0.717) is 30.5 Å². The lowest BCUT2D eigenvalue weighted by molar-refractivity contribution is -0.139. The average molecular weight is 361 g/mol. The Labute approximate surface area is 153 Å². The molecule has 0 unspecified atom stereocenters. The van der Waals surface area contributed by atoms with Gasteiger partial charge in [-0.25, -0.2) is 0 Å². The first-order valence-electron chi connectivity index (χ1n) is 8.57.